The van der Waals surface area contributed by atoms with Gasteiger partial charge in [0.2, 0.25) is 0 Å². The predicted molar refractivity (Wildman–Crippen MR) is 84.9 cm³/mol. The average Bonchev–Trinajstić information content (AvgIpc) is 2.82. The van der Waals surface area contributed by atoms with E-state index in [9.17, 15) is 4.79 Å². The number of aryl methyl sites for hydroxylation is 1. The van der Waals surface area contributed by atoms with Crippen LogP contribution < -0.4 is 0 Å². The molecule has 0 aliphatic heterocycles. The van der Waals surface area contributed by atoms with Gasteiger partial charge < -0.3 is 14.6 Å². The van der Waals surface area contributed by atoms with Crippen molar-refractivity contribution in [3.05, 3.63) is 5.82 Å². The smallest absolute Gasteiger partial charge is 0.313 e. The van der Waals surface area contributed by atoms with Crippen LogP contribution >= 0.6 is 11.8 Å². The molecular formula is C14H26N4O2S. The molecule has 0 aliphatic rings. The number of aliphatic carboxylic acids is 1. The standard InChI is InChI=1S/C14H26N4O2S/c1-5-17(6-2)9-7-8-11(3)18-12(4)15-16-14(18)21-10-13(19)20/h11H,5-10H2,1-4H3,(H,19,20). The van der Waals surface area contributed by atoms with Crippen LogP contribution in [0.25, 0.3) is 0 Å². The van der Waals surface area contributed by atoms with E-state index in [4.69, 9.17) is 5.11 Å². The molecular weight excluding hydrogens is 288 g/mol. The first-order chi connectivity index (χ1) is 9.99. The first kappa shape index (κ1) is 18.0. The maximum atomic E-state index is 10.7. The minimum absolute atomic E-state index is 0.0182. The van der Waals surface area contributed by atoms with Crippen molar-refractivity contribution in [2.45, 2.75) is 51.7 Å². The fourth-order valence-corrected chi connectivity index (χ4v) is 3.16. The number of carboxylic acids is 1. The Morgan fingerprint density at radius 1 is 1.38 bits per heavy atom. The molecule has 1 unspecified atom stereocenters. The van der Waals surface area contributed by atoms with Crippen LogP contribution in [0.2, 0.25) is 0 Å². The van der Waals surface area contributed by atoms with Crippen LogP contribution in [0.3, 0.4) is 0 Å². The summed E-state index contributed by atoms with van der Waals surface area (Å²) in [5.41, 5.74) is 0. The fraction of sp³-hybridized carbons (Fsp3) is 0.786. The van der Waals surface area contributed by atoms with E-state index in [-0.39, 0.29) is 11.8 Å². The minimum Gasteiger partial charge on any atom is -0.481 e. The molecule has 1 N–H and O–H groups in total. The van der Waals surface area contributed by atoms with E-state index in [0.29, 0.717) is 5.16 Å². The van der Waals surface area contributed by atoms with E-state index in [1.54, 1.807) is 0 Å². The summed E-state index contributed by atoms with van der Waals surface area (Å²) in [7, 11) is 0. The Kier molecular flexibility index (Phi) is 7.74. The van der Waals surface area contributed by atoms with Crippen LogP contribution in [0.5, 0.6) is 0 Å². The molecule has 1 rings (SSSR count). The van der Waals surface area contributed by atoms with Crippen LogP contribution in [0.15, 0.2) is 5.16 Å². The van der Waals surface area contributed by atoms with Crippen molar-refractivity contribution >= 4 is 17.7 Å². The summed E-state index contributed by atoms with van der Waals surface area (Å²) >= 11 is 1.23. The van der Waals surface area contributed by atoms with Crippen molar-refractivity contribution in [3.8, 4) is 0 Å². The van der Waals surface area contributed by atoms with Crippen LogP contribution in [0, 0.1) is 6.92 Å². The number of rotatable bonds is 10. The Balaban J connectivity index is 2.58. The number of aromatic nitrogens is 3. The molecule has 1 atom stereocenters. The van der Waals surface area contributed by atoms with Gasteiger partial charge in [0.25, 0.3) is 0 Å². The lowest BCUT2D eigenvalue weighted by Crippen LogP contribution is -2.24. The van der Waals surface area contributed by atoms with Gasteiger partial charge in [0.15, 0.2) is 5.16 Å². The van der Waals surface area contributed by atoms with Gasteiger partial charge in [-0.3, -0.25) is 4.79 Å². The number of carboxylic acid groups (broad SMARTS) is 1. The van der Waals surface area contributed by atoms with Crippen molar-refractivity contribution in [3.63, 3.8) is 0 Å². The van der Waals surface area contributed by atoms with Crippen molar-refractivity contribution < 1.29 is 9.90 Å². The van der Waals surface area contributed by atoms with E-state index < -0.39 is 5.97 Å². The molecule has 6 nitrogen and oxygen atoms in total. The van der Waals surface area contributed by atoms with Gasteiger partial charge in [-0.1, -0.05) is 25.6 Å². The first-order valence-corrected chi connectivity index (χ1v) is 8.46. The van der Waals surface area contributed by atoms with Crippen molar-refractivity contribution in [2.24, 2.45) is 0 Å². The van der Waals surface area contributed by atoms with Gasteiger partial charge in [-0.25, -0.2) is 0 Å². The van der Waals surface area contributed by atoms with Gasteiger partial charge in [-0.05, 0) is 46.3 Å². The quantitative estimate of drug-likeness (QED) is 0.669. The third-order valence-electron chi connectivity index (χ3n) is 3.59. The maximum Gasteiger partial charge on any atom is 0.313 e. The molecule has 0 fully saturated rings. The number of hydrogen-bond acceptors (Lipinski definition) is 5. The maximum absolute atomic E-state index is 10.7. The molecule has 0 aliphatic carbocycles. The Morgan fingerprint density at radius 3 is 2.62 bits per heavy atom. The topological polar surface area (TPSA) is 71.2 Å². The summed E-state index contributed by atoms with van der Waals surface area (Å²) in [5, 5.41) is 17.6. The molecule has 0 bridgehead atoms. The van der Waals surface area contributed by atoms with Gasteiger partial charge >= 0.3 is 5.97 Å². The monoisotopic (exact) mass is 314 g/mol. The summed E-state index contributed by atoms with van der Waals surface area (Å²) < 4.78 is 2.05. The second-order valence-electron chi connectivity index (χ2n) is 5.10. The predicted octanol–water partition coefficient (Wildman–Crippen LogP) is 2.45. The number of nitrogens with zero attached hydrogens (tertiary/aromatic N) is 4. The molecule has 0 saturated heterocycles. The molecule has 0 aromatic carbocycles. The highest BCUT2D eigenvalue weighted by atomic mass is 32.2. The summed E-state index contributed by atoms with van der Waals surface area (Å²) in [6, 6.07) is 0.284. The Hall–Kier alpha value is -1.08. The van der Waals surface area contributed by atoms with Crippen molar-refractivity contribution in [1.82, 2.24) is 19.7 Å². The lowest BCUT2D eigenvalue weighted by atomic mass is 10.1. The number of carbonyl (C=O) groups is 1. The van der Waals surface area contributed by atoms with Crippen molar-refractivity contribution in [1.29, 1.82) is 0 Å². The zero-order valence-corrected chi connectivity index (χ0v) is 14.2. The summed E-state index contributed by atoms with van der Waals surface area (Å²) in [4.78, 5) is 13.1. The average molecular weight is 314 g/mol. The first-order valence-electron chi connectivity index (χ1n) is 7.48. The van der Waals surface area contributed by atoms with Crippen molar-refractivity contribution in [2.75, 3.05) is 25.4 Å². The largest absolute Gasteiger partial charge is 0.481 e. The molecule has 0 amide bonds. The highest BCUT2D eigenvalue weighted by molar-refractivity contribution is 7.99. The van der Waals surface area contributed by atoms with E-state index in [1.165, 1.54) is 11.8 Å². The molecule has 1 aromatic heterocycles. The molecule has 0 radical (unpaired) electrons. The SMILES string of the molecule is CCN(CC)CCCC(C)n1c(C)nnc1SCC(=O)O. The van der Waals surface area contributed by atoms with Crippen LogP contribution in [0.4, 0.5) is 0 Å². The summed E-state index contributed by atoms with van der Waals surface area (Å²) in [5.74, 6) is 0.0317. The normalized spacial score (nSPS) is 12.8. The van der Waals surface area contributed by atoms with Gasteiger partial charge in [0, 0.05) is 6.04 Å². The van der Waals surface area contributed by atoms with Crippen LogP contribution in [-0.2, 0) is 4.79 Å². The molecule has 0 saturated carbocycles. The molecule has 7 heteroatoms. The molecule has 1 heterocycles. The lowest BCUT2D eigenvalue weighted by Gasteiger charge is -2.21. The fourth-order valence-electron chi connectivity index (χ4n) is 2.36. The zero-order chi connectivity index (χ0) is 15.8. The Labute approximate surface area is 130 Å². The highest BCUT2D eigenvalue weighted by Gasteiger charge is 2.16. The van der Waals surface area contributed by atoms with E-state index in [1.807, 2.05) is 6.92 Å². The lowest BCUT2D eigenvalue weighted by molar-refractivity contribution is -0.133. The molecule has 21 heavy (non-hydrogen) atoms. The summed E-state index contributed by atoms with van der Waals surface area (Å²) in [6.07, 6.45) is 2.15. The van der Waals surface area contributed by atoms with E-state index >= 15 is 0 Å². The number of thioether (sulfide) groups is 1. The minimum atomic E-state index is -0.832. The number of hydrogen-bond donors (Lipinski definition) is 1. The van der Waals surface area contributed by atoms with Gasteiger partial charge in [-0.15, -0.1) is 10.2 Å². The van der Waals surface area contributed by atoms with E-state index in [2.05, 4.69) is 40.4 Å². The third-order valence-corrected chi connectivity index (χ3v) is 4.52. The summed E-state index contributed by atoms with van der Waals surface area (Å²) in [6.45, 7) is 11.7. The van der Waals surface area contributed by atoms with Gasteiger partial charge in [-0.2, -0.15) is 0 Å². The molecule has 0 spiro atoms. The van der Waals surface area contributed by atoms with E-state index in [0.717, 1.165) is 38.3 Å². The zero-order valence-electron chi connectivity index (χ0n) is 13.4. The second-order valence-corrected chi connectivity index (χ2v) is 6.04. The highest BCUT2D eigenvalue weighted by Crippen LogP contribution is 2.24. The van der Waals surface area contributed by atoms with Gasteiger partial charge in [0.1, 0.15) is 5.82 Å². The van der Waals surface area contributed by atoms with Gasteiger partial charge in [0.05, 0.1) is 5.75 Å². The molecule has 120 valence electrons. The Morgan fingerprint density at radius 2 is 2.05 bits per heavy atom. The van der Waals surface area contributed by atoms with Crippen LogP contribution in [0.1, 0.15) is 45.5 Å². The van der Waals surface area contributed by atoms with Crippen LogP contribution in [-0.4, -0.2) is 56.1 Å². The molecule has 1 aromatic rings. The Bertz CT molecular complexity index is 446. The second kappa shape index (κ2) is 9.04. The third kappa shape index (κ3) is 5.67.